The Morgan fingerprint density at radius 3 is 2.72 bits per heavy atom. The van der Waals surface area contributed by atoms with Gasteiger partial charge in [0.2, 0.25) is 0 Å². The van der Waals surface area contributed by atoms with Crippen LogP contribution in [0, 0.1) is 17.3 Å². The predicted molar refractivity (Wildman–Crippen MR) is 65.1 cm³/mol. The van der Waals surface area contributed by atoms with E-state index in [1.165, 1.54) is 12.8 Å². The zero-order valence-electron chi connectivity index (χ0n) is 10.5. The molecule has 5 nitrogen and oxygen atoms in total. The number of carbonyl (C=O) groups is 2. The first kappa shape index (κ1) is 11.8. The van der Waals surface area contributed by atoms with Crippen molar-refractivity contribution in [1.29, 1.82) is 0 Å². The number of nitrogens with one attached hydrogen (secondary N) is 1. The number of aliphatic carboxylic acids is 1. The minimum absolute atomic E-state index is 0.0723. The van der Waals surface area contributed by atoms with Gasteiger partial charge in [-0.3, -0.25) is 4.79 Å². The molecule has 0 aromatic rings. The van der Waals surface area contributed by atoms with Gasteiger partial charge >= 0.3 is 12.0 Å². The lowest BCUT2D eigenvalue weighted by Crippen LogP contribution is -2.42. The third-order valence-electron chi connectivity index (χ3n) is 4.82. The number of carboxylic acids is 1. The number of rotatable bonds is 3. The number of likely N-dealkylation sites (tertiary alicyclic amines) is 1. The molecule has 2 N–H and O–H groups in total. The minimum Gasteiger partial charge on any atom is -0.481 e. The van der Waals surface area contributed by atoms with Crippen LogP contribution in [0.3, 0.4) is 0 Å². The fraction of sp³-hybridized carbons (Fsp3) is 0.846. The summed E-state index contributed by atoms with van der Waals surface area (Å²) in [7, 11) is 0. The maximum Gasteiger partial charge on any atom is 0.317 e. The van der Waals surface area contributed by atoms with Crippen molar-refractivity contribution in [1.82, 2.24) is 10.2 Å². The molecule has 1 saturated heterocycles. The Morgan fingerprint density at radius 1 is 1.33 bits per heavy atom. The molecule has 1 heterocycles. The predicted octanol–water partition coefficient (Wildman–Crippen LogP) is 1.29. The topological polar surface area (TPSA) is 69.6 Å². The van der Waals surface area contributed by atoms with E-state index in [4.69, 9.17) is 0 Å². The summed E-state index contributed by atoms with van der Waals surface area (Å²) in [4.78, 5) is 25.2. The molecular weight excluding hydrogens is 232 g/mol. The van der Waals surface area contributed by atoms with Crippen LogP contribution < -0.4 is 5.32 Å². The molecule has 2 amide bonds. The van der Waals surface area contributed by atoms with E-state index in [0.29, 0.717) is 19.0 Å². The normalized spacial score (nSPS) is 34.4. The van der Waals surface area contributed by atoms with Crippen molar-refractivity contribution >= 4 is 12.0 Å². The molecule has 0 bridgehead atoms. The Kier molecular flexibility index (Phi) is 2.72. The molecule has 100 valence electrons. The van der Waals surface area contributed by atoms with Crippen molar-refractivity contribution in [2.24, 2.45) is 17.3 Å². The van der Waals surface area contributed by atoms with E-state index in [9.17, 15) is 14.7 Å². The number of urea groups is 1. The lowest BCUT2D eigenvalue weighted by atomic mass is 9.81. The number of nitrogens with zero attached hydrogens (tertiary/aromatic N) is 1. The third-order valence-corrected chi connectivity index (χ3v) is 4.82. The average molecular weight is 252 g/mol. The molecule has 3 fully saturated rings. The van der Waals surface area contributed by atoms with Crippen LogP contribution in [0.25, 0.3) is 0 Å². The van der Waals surface area contributed by atoms with Crippen LogP contribution in [0.15, 0.2) is 0 Å². The lowest BCUT2D eigenvalue weighted by molar-refractivity contribution is -0.149. The van der Waals surface area contributed by atoms with E-state index in [-0.39, 0.29) is 11.9 Å². The highest BCUT2D eigenvalue weighted by molar-refractivity contribution is 5.80. The van der Waals surface area contributed by atoms with Gasteiger partial charge in [-0.1, -0.05) is 6.42 Å². The molecule has 2 saturated carbocycles. The summed E-state index contributed by atoms with van der Waals surface area (Å²) in [5.74, 6) is 0.0913. The summed E-state index contributed by atoms with van der Waals surface area (Å²) in [6, 6.07) is -0.0723. The molecule has 2 aliphatic carbocycles. The van der Waals surface area contributed by atoms with E-state index in [2.05, 4.69) is 5.32 Å². The number of carboxylic acid groups (broad SMARTS) is 1. The molecule has 0 unspecified atom stereocenters. The largest absolute Gasteiger partial charge is 0.481 e. The van der Waals surface area contributed by atoms with Crippen molar-refractivity contribution in [2.45, 2.75) is 32.1 Å². The molecule has 0 spiro atoms. The second kappa shape index (κ2) is 4.14. The molecule has 0 aromatic carbocycles. The SMILES string of the molecule is O=C(NCC1CC1)N1C[C@@H]2CCC[C@@]2(C(=O)O)C1. The number of hydrogen-bond donors (Lipinski definition) is 2. The van der Waals surface area contributed by atoms with Gasteiger partial charge in [-0.05, 0) is 37.5 Å². The van der Waals surface area contributed by atoms with Crippen molar-refractivity contribution in [3.05, 3.63) is 0 Å². The number of amides is 2. The van der Waals surface area contributed by atoms with Gasteiger partial charge in [-0.25, -0.2) is 4.79 Å². The Bertz CT molecular complexity index is 380. The summed E-state index contributed by atoms with van der Waals surface area (Å²) in [5.41, 5.74) is -0.656. The van der Waals surface area contributed by atoms with E-state index >= 15 is 0 Å². The molecule has 3 rings (SSSR count). The van der Waals surface area contributed by atoms with Gasteiger partial charge in [0.1, 0.15) is 0 Å². The lowest BCUT2D eigenvalue weighted by Gasteiger charge is -2.23. The smallest absolute Gasteiger partial charge is 0.317 e. The van der Waals surface area contributed by atoms with E-state index in [1.807, 2.05) is 0 Å². The number of fused-ring (bicyclic) bond motifs is 1. The first-order valence-electron chi connectivity index (χ1n) is 6.88. The minimum atomic E-state index is -0.720. The second-order valence-corrected chi connectivity index (χ2v) is 6.06. The molecule has 3 aliphatic rings. The monoisotopic (exact) mass is 252 g/mol. The fourth-order valence-corrected chi connectivity index (χ4v) is 3.46. The fourth-order valence-electron chi connectivity index (χ4n) is 3.46. The Labute approximate surface area is 107 Å². The van der Waals surface area contributed by atoms with Crippen LogP contribution in [-0.4, -0.2) is 41.6 Å². The van der Waals surface area contributed by atoms with Gasteiger partial charge in [0, 0.05) is 19.6 Å². The highest BCUT2D eigenvalue weighted by Gasteiger charge is 2.55. The Hall–Kier alpha value is -1.26. The first-order chi connectivity index (χ1) is 8.62. The summed E-state index contributed by atoms with van der Waals surface area (Å²) in [5, 5.41) is 12.4. The van der Waals surface area contributed by atoms with Crippen molar-refractivity contribution in [3.8, 4) is 0 Å². The van der Waals surface area contributed by atoms with Gasteiger partial charge < -0.3 is 15.3 Å². The van der Waals surface area contributed by atoms with Crippen LogP contribution in [0.1, 0.15) is 32.1 Å². The maximum atomic E-state index is 12.0. The summed E-state index contributed by atoms with van der Waals surface area (Å²) >= 11 is 0. The molecule has 1 aliphatic heterocycles. The van der Waals surface area contributed by atoms with Crippen molar-refractivity contribution in [3.63, 3.8) is 0 Å². The molecule has 2 atom stereocenters. The molecular formula is C13H20N2O3. The van der Waals surface area contributed by atoms with E-state index in [0.717, 1.165) is 25.8 Å². The maximum absolute atomic E-state index is 12.0. The van der Waals surface area contributed by atoms with E-state index in [1.54, 1.807) is 4.90 Å². The van der Waals surface area contributed by atoms with Crippen LogP contribution in [0.2, 0.25) is 0 Å². The highest BCUT2D eigenvalue weighted by atomic mass is 16.4. The van der Waals surface area contributed by atoms with Gasteiger partial charge in [0.15, 0.2) is 0 Å². The zero-order valence-corrected chi connectivity index (χ0v) is 10.5. The van der Waals surface area contributed by atoms with E-state index < -0.39 is 11.4 Å². The molecule has 18 heavy (non-hydrogen) atoms. The standard InChI is InChI=1S/C13H20N2O3/c16-11(17)13-5-1-2-10(13)7-15(8-13)12(18)14-6-9-3-4-9/h9-10H,1-8H2,(H,14,18)(H,16,17)/t10-,13+/m0/s1. The van der Waals surface area contributed by atoms with Gasteiger partial charge in [-0.15, -0.1) is 0 Å². The molecule has 0 radical (unpaired) electrons. The molecule has 0 aromatic heterocycles. The van der Waals surface area contributed by atoms with Crippen LogP contribution in [-0.2, 0) is 4.79 Å². The summed E-state index contributed by atoms with van der Waals surface area (Å²) < 4.78 is 0. The highest BCUT2D eigenvalue weighted by Crippen LogP contribution is 2.48. The van der Waals surface area contributed by atoms with Gasteiger partial charge in [0.05, 0.1) is 5.41 Å². The Morgan fingerprint density at radius 2 is 2.11 bits per heavy atom. The van der Waals surface area contributed by atoms with Crippen LogP contribution >= 0.6 is 0 Å². The first-order valence-corrected chi connectivity index (χ1v) is 6.88. The number of carbonyl (C=O) groups excluding carboxylic acids is 1. The van der Waals surface area contributed by atoms with Crippen molar-refractivity contribution in [2.75, 3.05) is 19.6 Å². The zero-order chi connectivity index (χ0) is 12.8. The van der Waals surface area contributed by atoms with Crippen LogP contribution in [0.5, 0.6) is 0 Å². The van der Waals surface area contributed by atoms with Crippen molar-refractivity contribution < 1.29 is 14.7 Å². The van der Waals surface area contributed by atoms with Gasteiger partial charge in [0.25, 0.3) is 0 Å². The summed E-state index contributed by atoms with van der Waals surface area (Å²) in [6.45, 7) is 1.76. The average Bonchev–Trinajstić information content (AvgIpc) is 2.93. The number of hydrogen-bond acceptors (Lipinski definition) is 2. The third kappa shape index (κ3) is 1.85. The van der Waals surface area contributed by atoms with Gasteiger partial charge in [-0.2, -0.15) is 0 Å². The van der Waals surface area contributed by atoms with Crippen LogP contribution in [0.4, 0.5) is 4.79 Å². The second-order valence-electron chi connectivity index (χ2n) is 6.06. The Balaban J connectivity index is 1.62. The quantitative estimate of drug-likeness (QED) is 0.795. The molecule has 5 heteroatoms. The summed E-state index contributed by atoms with van der Waals surface area (Å²) in [6.07, 6.45) is 5.07.